The molecule has 136 valence electrons. The Morgan fingerprint density at radius 1 is 1.12 bits per heavy atom. The first-order valence-electron chi connectivity index (χ1n) is 7.83. The molecule has 1 heterocycles. The van der Waals surface area contributed by atoms with Crippen LogP contribution in [0.3, 0.4) is 0 Å². The molecule has 2 rings (SSSR count). The van der Waals surface area contributed by atoms with Crippen molar-refractivity contribution in [2.24, 2.45) is 5.92 Å². The average molecular weight is 344 g/mol. The van der Waals surface area contributed by atoms with Crippen molar-refractivity contribution in [3.63, 3.8) is 0 Å². The number of hydrogen-bond acceptors (Lipinski definition) is 8. The summed E-state index contributed by atoms with van der Waals surface area (Å²) in [5, 5.41) is 48.1. The Bertz CT molecular complexity index is 521. The summed E-state index contributed by atoms with van der Waals surface area (Å²) in [6.45, 7) is 1.80. The zero-order chi connectivity index (χ0) is 17.7. The molecule has 1 aliphatic heterocycles. The second-order valence-electron chi connectivity index (χ2n) is 5.76. The fraction of sp³-hybridized carbons (Fsp3) is 0.625. The average Bonchev–Trinajstić information content (AvgIpc) is 2.58. The number of aromatic hydroxyl groups is 2. The number of rotatable bonds is 7. The van der Waals surface area contributed by atoms with Crippen LogP contribution in [0.4, 0.5) is 0 Å². The van der Waals surface area contributed by atoms with Gasteiger partial charge in [-0.15, -0.1) is 0 Å². The van der Waals surface area contributed by atoms with Gasteiger partial charge in [0.15, 0.2) is 17.8 Å². The number of phenols is 2. The van der Waals surface area contributed by atoms with E-state index in [1.807, 2.05) is 0 Å². The third kappa shape index (κ3) is 4.28. The molecule has 8 nitrogen and oxygen atoms in total. The molecule has 0 amide bonds. The van der Waals surface area contributed by atoms with E-state index in [4.69, 9.17) is 14.2 Å². The topological polar surface area (TPSA) is 129 Å². The van der Waals surface area contributed by atoms with Crippen molar-refractivity contribution in [2.45, 2.75) is 37.9 Å². The van der Waals surface area contributed by atoms with Crippen LogP contribution in [0.2, 0.25) is 0 Å². The van der Waals surface area contributed by atoms with Crippen LogP contribution in [0.5, 0.6) is 17.2 Å². The Labute approximate surface area is 139 Å². The van der Waals surface area contributed by atoms with Crippen LogP contribution in [0, 0.1) is 5.92 Å². The van der Waals surface area contributed by atoms with Crippen molar-refractivity contribution < 1.29 is 39.7 Å². The molecule has 24 heavy (non-hydrogen) atoms. The van der Waals surface area contributed by atoms with Gasteiger partial charge in [0.05, 0.1) is 32.0 Å². The van der Waals surface area contributed by atoms with Gasteiger partial charge in [-0.2, -0.15) is 0 Å². The summed E-state index contributed by atoms with van der Waals surface area (Å²) in [5.41, 5.74) is 0. The van der Waals surface area contributed by atoms with E-state index in [-0.39, 0.29) is 37.1 Å². The fourth-order valence-electron chi connectivity index (χ4n) is 2.48. The number of ether oxygens (including phenoxy) is 3. The molecule has 0 radical (unpaired) electrons. The van der Waals surface area contributed by atoms with E-state index in [0.717, 1.165) is 0 Å². The lowest BCUT2D eigenvalue weighted by Gasteiger charge is -2.40. The molecule has 8 heteroatoms. The summed E-state index contributed by atoms with van der Waals surface area (Å²) < 4.78 is 16.2. The summed E-state index contributed by atoms with van der Waals surface area (Å²) in [6.07, 6.45) is -3.44. The molecule has 0 aliphatic carbocycles. The first kappa shape index (κ1) is 18.8. The van der Waals surface area contributed by atoms with Gasteiger partial charge in [-0.3, -0.25) is 0 Å². The first-order chi connectivity index (χ1) is 11.5. The van der Waals surface area contributed by atoms with Crippen LogP contribution in [0.15, 0.2) is 18.2 Å². The molecule has 1 aliphatic rings. The highest BCUT2D eigenvalue weighted by Crippen LogP contribution is 2.34. The monoisotopic (exact) mass is 344 g/mol. The van der Waals surface area contributed by atoms with Gasteiger partial charge in [0, 0.05) is 12.3 Å². The van der Waals surface area contributed by atoms with Gasteiger partial charge in [-0.25, -0.2) is 0 Å². The predicted octanol–water partition coefficient (Wildman–Crippen LogP) is -0.0416. The fourth-order valence-corrected chi connectivity index (χ4v) is 2.48. The number of aliphatic hydroxyl groups is 3. The van der Waals surface area contributed by atoms with E-state index in [0.29, 0.717) is 6.42 Å². The van der Waals surface area contributed by atoms with E-state index in [9.17, 15) is 25.5 Å². The molecule has 0 spiro atoms. The second-order valence-corrected chi connectivity index (χ2v) is 5.76. The quantitative estimate of drug-likeness (QED) is 0.344. The van der Waals surface area contributed by atoms with Gasteiger partial charge in [0.25, 0.3) is 0 Å². The van der Waals surface area contributed by atoms with Crippen molar-refractivity contribution in [3.05, 3.63) is 18.2 Å². The maximum Gasteiger partial charge on any atom is 0.200 e. The second kappa shape index (κ2) is 8.50. The normalized spacial score (nSPS) is 30.2. The van der Waals surface area contributed by atoms with Crippen molar-refractivity contribution in [1.29, 1.82) is 0 Å². The number of aliphatic hydroxyl groups excluding tert-OH is 3. The molecule has 1 saturated heterocycles. The molecular formula is C16H24O8. The Balaban J connectivity index is 1.74. The molecule has 1 aromatic rings. The Morgan fingerprint density at radius 2 is 1.88 bits per heavy atom. The van der Waals surface area contributed by atoms with E-state index in [2.05, 4.69) is 0 Å². The molecule has 5 N–H and O–H groups in total. The third-order valence-corrected chi connectivity index (χ3v) is 4.05. The molecule has 0 bridgehead atoms. The summed E-state index contributed by atoms with van der Waals surface area (Å²) in [6, 6.07) is 4.41. The lowest BCUT2D eigenvalue weighted by Crippen LogP contribution is -2.55. The molecule has 5 atom stereocenters. The van der Waals surface area contributed by atoms with Crippen molar-refractivity contribution >= 4 is 0 Å². The predicted molar refractivity (Wildman–Crippen MR) is 82.8 cm³/mol. The Kier molecular flexibility index (Phi) is 6.64. The highest BCUT2D eigenvalue weighted by molar-refractivity contribution is 5.48. The number of para-hydroxylation sites is 1. The van der Waals surface area contributed by atoms with Gasteiger partial charge in [-0.1, -0.05) is 13.0 Å². The first-order valence-corrected chi connectivity index (χ1v) is 7.83. The molecular weight excluding hydrogens is 320 g/mol. The SMILES string of the molecule is C[C@H]1[C@H](O)[C@@H](O)[C@H](OCCCOc2cccc(O)c2O)O[C@@H]1CO. The van der Waals surface area contributed by atoms with Crippen LogP contribution < -0.4 is 4.74 Å². The number of phenolic OH excluding ortho intramolecular Hbond substituents is 2. The lowest BCUT2D eigenvalue weighted by molar-refractivity contribution is -0.288. The summed E-state index contributed by atoms with van der Waals surface area (Å²) in [7, 11) is 0. The van der Waals surface area contributed by atoms with E-state index in [1.165, 1.54) is 12.1 Å². The Hall–Kier alpha value is -1.58. The van der Waals surface area contributed by atoms with Crippen LogP contribution in [0.1, 0.15) is 13.3 Å². The van der Waals surface area contributed by atoms with Gasteiger partial charge in [0.1, 0.15) is 6.10 Å². The largest absolute Gasteiger partial charge is 0.504 e. The number of benzene rings is 1. The number of hydrogen-bond donors (Lipinski definition) is 5. The van der Waals surface area contributed by atoms with Crippen LogP contribution in [-0.2, 0) is 9.47 Å². The lowest BCUT2D eigenvalue weighted by atomic mass is 9.91. The molecule has 1 fully saturated rings. The van der Waals surface area contributed by atoms with Crippen LogP contribution in [0.25, 0.3) is 0 Å². The minimum atomic E-state index is -1.20. The van der Waals surface area contributed by atoms with Gasteiger partial charge in [-0.05, 0) is 12.1 Å². The third-order valence-electron chi connectivity index (χ3n) is 4.05. The van der Waals surface area contributed by atoms with E-state index >= 15 is 0 Å². The molecule has 0 saturated carbocycles. The minimum Gasteiger partial charge on any atom is -0.504 e. The van der Waals surface area contributed by atoms with Crippen LogP contribution >= 0.6 is 0 Å². The highest BCUT2D eigenvalue weighted by Gasteiger charge is 2.42. The van der Waals surface area contributed by atoms with Gasteiger partial charge in [0.2, 0.25) is 5.75 Å². The van der Waals surface area contributed by atoms with Gasteiger partial charge < -0.3 is 39.7 Å². The summed E-state index contributed by atoms with van der Waals surface area (Å²) >= 11 is 0. The van der Waals surface area contributed by atoms with Crippen LogP contribution in [-0.4, -0.2) is 70.0 Å². The van der Waals surface area contributed by atoms with E-state index in [1.54, 1.807) is 13.0 Å². The summed E-state index contributed by atoms with van der Waals surface area (Å²) in [4.78, 5) is 0. The zero-order valence-corrected chi connectivity index (χ0v) is 13.4. The molecule has 0 aromatic heterocycles. The zero-order valence-electron chi connectivity index (χ0n) is 13.4. The molecule has 1 aromatic carbocycles. The maximum atomic E-state index is 9.95. The van der Waals surface area contributed by atoms with Crippen molar-refractivity contribution in [2.75, 3.05) is 19.8 Å². The van der Waals surface area contributed by atoms with E-state index < -0.39 is 30.5 Å². The summed E-state index contributed by atoms with van der Waals surface area (Å²) in [5.74, 6) is -0.830. The smallest absolute Gasteiger partial charge is 0.200 e. The standard InChI is InChI=1S/C16H24O8/c1-9-12(8-17)24-16(15(21)13(9)19)23-7-3-6-22-11-5-2-4-10(18)14(11)20/h2,4-5,9,12-13,15-21H,3,6-8H2,1H3/t9-,12-,13+,15-,16-/m1/s1. The Morgan fingerprint density at radius 3 is 2.58 bits per heavy atom. The van der Waals surface area contributed by atoms with Crippen molar-refractivity contribution in [3.8, 4) is 17.2 Å². The molecule has 0 unspecified atom stereocenters. The van der Waals surface area contributed by atoms with Gasteiger partial charge >= 0.3 is 0 Å². The van der Waals surface area contributed by atoms with Crippen molar-refractivity contribution in [1.82, 2.24) is 0 Å². The highest BCUT2D eigenvalue weighted by atomic mass is 16.7. The maximum absolute atomic E-state index is 9.95. The minimum absolute atomic E-state index is 0.161.